The molecule has 38 heavy (non-hydrogen) atoms. The second-order valence-electron chi connectivity index (χ2n) is 8.93. The fraction of sp³-hybridized carbons (Fsp3) is 0.367. The zero-order chi connectivity index (χ0) is 27.5. The number of carbonyl (C=O) groups excluding carboxylic acids is 1. The lowest BCUT2D eigenvalue weighted by Crippen LogP contribution is -2.09. The summed E-state index contributed by atoms with van der Waals surface area (Å²) in [5, 5.41) is 0. The minimum absolute atomic E-state index is 0.0496. The van der Waals surface area contributed by atoms with Gasteiger partial charge < -0.3 is 14.2 Å². The average Bonchev–Trinajstić information content (AvgIpc) is 2.93. The van der Waals surface area contributed by atoms with Crippen LogP contribution >= 0.6 is 0 Å². The van der Waals surface area contributed by atoms with Crippen LogP contribution in [-0.4, -0.2) is 19.7 Å². The molecular weight excluding hydrogens is 500 g/mol. The lowest BCUT2D eigenvalue weighted by Gasteiger charge is -2.13. The highest BCUT2D eigenvalue weighted by molar-refractivity contribution is 5.91. The third-order valence-corrected chi connectivity index (χ3v) is 6.15. The third kappa shape index (κ3) is 7.49. The smallest absolute Gasteiger partial charge is 0.343 e. The van der Waals surface area contributed by atoms with E-state index >= 15 is 0 Å². The van der Waals surface area contributed by atoms with Gasteiger partial charge in [-0.3, -0.25) is 0 Å². The minimum Gasteiger partial charge on any atom is -0.497 e. The van der Waals surface area contributed by atoms with Crippen LogP contribution in [0.15, 0.2) is 48.5 Å². The van der Waals surface area contributed by atoms with Crippen molar-refractivity contribution >= 4 is 5.97 Å². The molecule has 3 aromatic rings. The van der Waals surface area contributed by atoms with Gasteiger partial charge in [0.05, 0.1) is 24.8 Å². The van der Waals surface area contributed by atoms with Crippen molar-refractivity contribution in [3.05, 3.63) is 77.4 Å². The fourth-order valence-electron chi connectivity index (χ4n) is 3.98. The summed E-state index contributed by atoms with van der Waals surface area (Å²) in [7, 11) is 1.50. The quantitative estimate of drug-likeness (QED) is 0.0685. The van der Waals surface area contributed by atoms with Crippen molar-refractivity contribution in [3.63, 3.8) is 0 Å². The maximum Gasteiger partial charge on any atom is 0.343 e. The fourth-order valence-corrected chi connectivity index (χ4v) is 3.98. The Morgan fingerprint density at radius 2 is 1.21 bits per heavy atom. The van der Waals surface area contributed by atoms with Gasteiger partial charge in [-0.25, -0.2) is 13.6 Å². The summed E-state index contributed by atoms with van der Waals surface area (Å²) in [5.41, 5.74) is -0.945. The van der Waals surface area contributed by atoms with E-state index < -0.39 is 40.6 Å². The summed E-state index contributed by atoms with van der Waals surface area (Å²) in [6.07, 6.45) is 8.04. The van der Waals surface area contributed by atoms with Gasteiger partial charge in [0.1, 0.15) is 11.5 Å². The molecule has 0 aliphatic heterocycles. The number of hydrogen-bond acceptors (Lipinski definition) is 4. The van der Waals surface area contributed by atoms with E-state index in [1.807, 2.05) is 0 Å². The number of hydrogen-bond donors (Lipinski definition) is 0. The van der Waals surface area contributed by atoms with Crippen LogP contribution in [0.2, 0.25) is 0 Å². The van der Waals surface area contributed by atoms with Gasteiger partial charge in [-0.2, -0.15) is 8.78 Å². The van der Waals surface area contributed by atoms with E-state index in [-0.39, 0.29) is 23.5 Å². The largest absolute Gasteiger partial charge is 0.497 e. The first-order valence-electron chi connectivity index (χ1n) is 12.8. The molecule has 0 heterocycles. The zero-order valence-corrected chi connectivity index (χ0v) is 21.6. The molecule has 0 spiro atoms. The topological polar surface area (TPSA) is 44.8 Å². The maximum absolute atomic E-state index is 14.8. The summed E-state index contributed by atoms with van der Waals surface area (Å²) in [6, 6.07) is 11.2. The Kier molecular flexibility index (Phi) is 11.0. The summed E-state index contributed by atoms with van der Waals surface area (Å²) < 4.78 is 74.3. The molecule has 0 aliphatic rings. The molecule has 0 aliphatic carbocycles. The lowest BCUT2D eigenvalue weighted by atomic mass is 10.0. The van der Waals surface area contributed by atoms with Crippen molar-refractivity contribution in [2.45, 2.75) is 58.3 Å². The number of esters is 1. The Morgan fingerprint density at radius 3 is 1.76 bits per heavy atom. The van der Waals surface area contributed by atoms with E-state index in [0.717, 1.165) is 25.7 Å². The molecule has 0 fully saturated rings. The van der Waals surface area contributed by atoms with Crippen molar-refractivity contribution in [2.75, 3.05) is 13.7 Å². The predicted octanol–water partition coefficient (Wildman–Crippen LogP) is 8.66. The number of rotatable bonds is 14. The highest BCUT2D eigenvalue weighted by Gasteiger charge is 2.27. The normalized spacial score (nSPS) is 10.9. The molecule has 3 aromatic carbocycles. The van der Waals surface area contributed by atoms with E-state index in [2.05, 4.69) is 6.92 Å². The van der Waals surface area contributed by atoms with Crippen LogP contribution in [0.3, 0.4) is 0 Å². The second kappa shape index (κ2) is 14.4. The Labute approximate surface area is 220 Å². The van der Waals surface area contributed by atoms with E-state index in [9.17, 15) is 22.4 Å². The highest BCUT2D eigenvalue weighted by Crippen LogP contribution is 2.36. The lowest BCUT2D eigenvalue weighted by molar-refractivity contribution is 0.0734. The Bertz CT molecular complexity index is 1170. The van der Waals surface area contributed by atoms with Crippen molar-refractivity contribution in [3.8, 4) is 28.4 Å². The molecule has 204 valence electrons. The molecule has 0 saturated heterocycles. The number of ether oxygens (including phenoxy) is 3. The Balaban J connectivity index is 1.64. The van der Waals surface area contributed by atoms with Gasteiger partial charge in [-0.05, 0) is 48.4 Å². The molecule has 0 unspecified atom stereocenters. The first-order chi connectivity index (χ1) is 18.4. The summed E-state index contributed by atoms with van der Waals surface area (Å²) in [6.45, 7) is 2.10. The molecule has 0 atom stereocenters. The number of halogens is 4. The summed E-state index contributed by atoms with van der Waals surface area (Å²) >= 11 is 0. The molecule has 0 N–H and O–H groups in total. The SMILES string of the molecule is CCCCCCCCCCOc1c(F)c(F)c(-c2ccc(C(=O)Oc3ccc(OC)cc3)cc2)c(F)c1F. The number of benzene rings is 3. The van der Waals surface area contributed by atoms with Crippen molar-refractivity contribution in [1.29, 1.82) is 0 Å². The van der Waals surface area contributed by atoms with Crippen LogP contribution in [-0.2, 0) is 0 Å². The van der Waals surface area contributed by atoms with Gasteiger partial charge in [0.25, 0.3) is 0 Å². The second-order valence-corrected chi connectivity index (χ2v) is 8.93. The first kappa shape index (κ1) is 29.0. The van der Waals surface area contributed by atoms with Crippen molar-refractivity contribution in [2.24, 2.45) is 0 Å². The van der Waals surface area contributed by atoms with Gasteiger partial charge in [0, 0.05) is 0 Å². The van der Waals surface area contributed by atoms with Crippen molar-refractivity contribution in [1.82, 2.24) is 0 Å². The van der Waals surface area contributed by atoms with Gasteiger partial charge >= 0.3 is 5.97 Å². The van der Waals surface area contributed by atoms with Gasteiger partial charge in [0.2, 0.25) is 11.6 Å². The molecule has 0 saturated carbocycles. The summed E-state index contributed by atoms with van der Waals surface area (Å²) in [4.78, 5) is 12.4. The molecule has 0 amide bonds. The molecule has 4 nitrogen and oxygen atoms in total. The molecule has 0 bridgehead atoms. The molecule has 3 rings (SSSR count). The van der Waals surface area contributed by atoms with Crippen LogP contribution in [0, 0.1) is 23.3 Å². The highest BCUT2D eigenvalue weighted by atomic mass is 19.2. The number of methoxy groups -OCH3 is 1. The average molecular weight is 533 g/mol. The third-order valence-electron chi connectivity index (χ3n) is 6.15. The van der Waals surface area contributed by atoms with Crippen LogP contribution in [0.25, 0.3) is 11.1 Å². The molecule has 0 aromatic heterocycles. The van der Waals surface area contributed by atoms with E-state index in [0.29, 0.717) is 12.2 Å². The number of carbonyl (C=O) groups is 1. The monoisotopic (exact) mass is 532 g/mol. The standard InChI is InChI=1S/C30H32F4O4/c1-3-4-5-6-7-8-9-10-19-37-29-27(33)25(31)24(26(32)28(29)34)20-11-13-21(14-12-20)30(35)38-23-17-15-22(36-2)16-18-23/h11-18H,3-10,19H2,1-2H3. The molecule has 8 heteroatoms. The van der Waals surface area contributed by atoms with Crippen LogP contribution < -0.4 is 14.2 Å². The predicted molar refractivity (Wildman–Crippen MR) is 138 cm³/mol. The van der Waals surface area contributed by atoms with Gasteiger partial charge in [0.15, 0.2) is 17.4 Å². The van der Waals surface area contributed by atoms with E-state index in [1.54, 1.807) is 24.3 Å². The van der Waals surface area contributed by atoms with Crippen molar-refractivity contribution < 1.29 is 36.6 Å². The van der Waals surface area contributed by atoms with Gasteiger partial charge in [-0.1, -0.05) is 64.0 Å². The van der Waals surface area contributed by atoms with Crippen LogP contribution in [0.1, 0.15) is 68.6 Å². The van der Waals surface area contributed by atoms with E-state index in [1.165, 1.54) is 50.6 Å². The zero-order valence-electron chi connectivity index (χ0n) is 21.6. The molecule has 0 radical (unpaired) electrons. The first-order valence-corrected chi connectivity index (χ1v) is 12.8. The summed E-state index contributed by atoms with van der Waals surface area (Å²) in [5.74, 6) is -7.25. The van der Waals surface area contributed by atoms with Crippen LogP contribution in [0.5, 0.6) is 17.2 Å². The molecular formula is C30H32F4O4. The maximum atomic E-state index is 14.8. The Hall–Kier alpha value is -3.55. The Morgan fingerprint density at radius 1 is 0.684 bits per heavy atom. The van der Waals surface area contributed by atoms with Gasteiger partial charge in [-0.15, -0.1) is 0 Å². The minimum atomic E-state index is -1.60. The van der Waals surface area contributed by atoms with Crippen LogP contribution in [0.4, 0.5) is 17.6 Å². The van der Waals surface area contributed by atoms with E-state index in [4.69, 9.17) is 14.2 Å². The number of unbranched alkanes of at least 4 members (excludes halogenated alkanes) is 7.